The van der Waals surface area contributed by atoms with Crippen molar-refractivity contribution in [2.24, 2.45) is 0 Å². The van der Waals surface area contributed by atoms with Crippen molar-refractivity contribution in [3.8, 4) is 0 Å². The van der Waals surface area contributed by atoms with E-state index in [2.05, 4.69) is 10.3 Å². The summed E-state index contributed by atoms with van der Waals surface area (Å²) in [5, 5.41) is 11.6. The molecular formula is C13H18N2O4. The normalized spacial score (nSPS) is 11.9. The van der Waals surface area contributed by atoms with Crippen LogP contribution in [-0.4, -0.2) is 41.7 Å². The number of hydrogen-bond acceptors (Lipinski definition) is 4. The lowest BCUT2D eigenvalue weighted by atomic mass is 10.1. The van der Waals surface area contributed by atoms with Crippen LogP contribution in [0.5, 0.6) is 0 Å². The smallest absolute Gasteiger partial charge is 0.326 e. The fraction of sp³-hybridized carbons (Fsp3) is 0.462. The van der Waals surface area contributed by atoms with E-state index in [0.29, 0.717) is 30.7 Å². The lowest BCUT2D eigenvalue weighted by Gasteiger charge is -2.14. The minimum Gasteiger partial charge on any atom is -0.480 e. The quantitative estimate of drug-likeness (QED) is 0.719. The Morgan fingerprint density at radius 3 is 2.84 bits per heavy atom. The van der Waals surface area contributed by atoms with Gasteiger partial charge in [-0.15, -0.1) is 0 Å². The Balaban J connectivity index is 2.66. The second-order valence-corrected chi connectivity index (χ2v) is 4.14. The van der Waals surface area contributed by atoms with Crippen LogP contribution in [0.2, 0.25) is 0 Å². The summed E-state index contributed by atoms with van der Waals surface area (Å²) < 4.78 is 4.87. The third kappa shape index (κ3) is 4.67. The monoisotopic (exact) mass is 266 g/mol. The summed E-state index contributed by atoms with van der Waals surface area (Å²) >= 11 is 0. The molecule has 1 aromatic heterocycles. The van der Waals surface area contributed by atoms with Gasteiger partial charge in [-0.1, -0.05) is 0 Å². The van der Waals surface area contributed by atoms with Crippen molar-refractivity contribution in [1.29, 1.82) is 0 Å². The zero-order valence-electron chi connectivity index (χ0n) is 11.0. The first-order valence-corrected chi connectivity index (χ1v) is 6.00. The number of methoxy groups -OCH3 is 1. The fourth-order valence-electron chi connectivity index (χ4n) is 1.65. The molecule has 19 heavy (non-hydrogen) atoms. The maximum atomic E-state index is 12.0. The summed E-state index contributed by atoms with van der Waals surface area (Å²) in [5.41, 5.74) is 0.960. The molecule has 6 nitrogen and oxygen atoms in total. The van der Waals surface area contributed by atoms with Gasteiger partial charge in [0.05, 0.1) is 5.56 Å². The van der Waals surface area contributed by atoms with Crippen LogP contribution in [0.1, 0.15) is 28.9 Å². The van der Waals surface area contributed by atoms with Crippen molar-refractivity contribution in [3.63, 3.8) is 0 Å². The fourth-order valence-corrected chi connectivity index (χ4v) is 1.65. The molecular weight excluding hydrogens is 248 g/mol. The Labute approximate surface area is 111 Å². The topological polar surface area (TPSA) is 88.5 Å². The van der Waals surface area contributed by atoms with Crippen LogP contribution in [0, 0.1) is 6.92 Å². The van der Waals surface area contributed by atoms with Gasteiger partial charge in [0.2, 0.25) is 0 Å². The average Bonchev–Trinajstić information content (AvgIpc) is 2.38. The molecule has 0 aliphatic rings. The van der Waals surface area contributed by atoms with Gasteiger partial charge in [-0.3, -0.25) is 9.78 Å². The number of nitrogens with zero attached hydrogens (tertiary/aromatic N) is 1. The lowest BCUT2D eigenvalue weighted by molar-refractivity contribution is -0.139. The second kappa shape index (κ2) is 7.48. The minimum atomic E-state index is -1.05. The largest absolute Gasteiger partial charge is 0.480 e. The zero-order valence-corrected chi connectivity index (χ0v) is 11.0. The van der Waals surface area contributed by atoms with E-state index < -0.39 is 17.9 Å². The van der Waals surface area contributed by atoms with Crippen LogP contribution in [0.15, 0.2) is 18.3 Å². The molecule has 6 heteroatoms. The number of nitrogens with one attached hydrogen (secondary N) is 1. The van der Waals surface area contributed by atoms with Gasteiger partial charge >= 0.3 is 5.97 Å². The highest BCUT2D eigenvalue weighted by atomic mass is 16.5. The Morgan fingerprint density at radius 1 is 1.53 bits per heavy atom. The number of ether oxygens (including phenoxy) is 1. The summed E-state index contributed by atoms with van der Waals surface area (Å²) in [6.07, 6.45) is 2.48. The first-order valence-electron chi connectivity index (χ1n) is 6.00. The average molecular weight is 266 g/mol. The van der Waals surface area contributed by atoms with Crippen molar-refractivity contribution in [2.75, 3.05) is 13.7 Å². The van der Waals surface area contributed by atoms with Crippen molar-refractivity contribution in [1.82, 2.24) is 10.3 Å². The standard InChI is InChI=1S/C13H18N2O4/c1-9-10(5-3-7-14-9)12(16)15-11(13(17)18)6-4-8-19-2/h3,5,7,11H,4,6,8H2,1-2H3,(H,15,16)(H,17,18). The number of carbonyl (C=O) groups is 2. The summed E-state index contributed by atoms with van der Waals surface area (Å²) in [5.74, 6) is -1.47. The highest BCUT2D eigenvalue weighted by Gasteiger charge is 2.21. The molecule has 1 rings (SSSR count). The molecule has 1 heterocycles. The Hall–Kier alpha value is -1.95. The van der Waals surface area contributed by atoms with Crippen LogP contribution >= 0.6 is 0 Å². The number of amides is 1. The van der Waals surface area contributed by atoms with Gasteiger partial charge in [0.15, 0.2) is 0 Å². The van der Waals surface area contributed by atoms with E-state index in [4.69, 9.17) is 9.84 Å². The van der Waals surface area contributed by atoms with Crippen molar-refractivity contribution < 1.29 is 19.4 Å². The molecule has 0 spiro atoms. The molecule has 0 aliphatic carbocycles. The highest BCUT2D eigenvalue weighted by molar-refractivity contribution is 5.97. The summed E-state index contributed by atoms with van der Waals surface area (Å²) in [4.78, 5) is 27.0. The van der Waals surface area contributed by atoms with E-state index in [1.54, 1.807) is 32.4 Å². The van der Waals surface area contributed by atoms with Crippen LogP contribution < -0.4 is 5.32 Å². The first kappa shape index (κ1) is 15.1. The van der Waals surface area contributed by atoms with Crippen LogP contribution in [0.25, 0.3) is 0 Å². The Bertz CT molecular complexity index is 448. The molecule has 0 aromatic carbocycles. The molecule has 0 fully saturated rings. The number of carboxylic acids is 1. The van der Waals surface area contributed by atoms with E-state index in [9.17, 15) is 9.59 Å². The van der Waals surface area contributed by atoms with Gasteiger partial charge in [0, 0.05) is 25.6 Å². The predicted molar refractivity (Wildman–Crippen MR) is 69.0 cm³/mol. The van der Waals surface area contributed by atoms with Crippen molar-refractivity contribution >= 4 is 11.9 Å². The molecule has 104 valence electrons. The van der Waals surface area contributed by atoms with Gasteiger partial charge in [-0.25, -0.2) is 4.79 Å². The number of hydrogen-bond donors (Lipinski definition) is 2. The number of carboxylic acid groups (broad SMARTS) is 1. The number of carbonyl (C=O) groups excluding carboxylic acids is 1. The van der Waals surface area contributed by atoms with Gasteiger partial charge in [-0.05, 0) is 31.9 Å². The van der Waals surface area contributed by atoms with Gasteiger partial charge in [0.25, 0.3) is 5.91 Å². The summed E-state index contributed by atoms with van der Waals surface area (Å²) in [6.45, 7) is 2.17. The van der Waals surface area contributed by atoms with Gasteiger partial charge in [0.1, 0.15) is 6.04 Å². The number of pyridine rings is 1. The maximum Gasteiger partial charge on any atom is 0.326 e. The molecule has 1 atom stereocenters. The number of aryl methyl sites for hydroxylation is 1. The van der Waals surface area contributed by atoms with Crippen LogP contribution in [0.4, 0.5) is 0 Å². The molecule has 0 aliphatic heterocycles. The van der Waals surface area contributed by atoms with Crippen molar-refractivity contribution in [3.05, 3.63) is 29.6 Å². The lowest BCUT2D eigenvalue weighted by Crippen LogP contribution is -2.41. The molecule has 1 aromatic rings. The molecule has 0 bridgehead atoms. The van der Waals surface area contributed by atoms with E-state index in [1.807, 2.05) is 0 Å². The highest BCUT2D eigenvalue weighted by Crippen LogP contribution is 2.05. The third-order valence-corrected chi connectivity index (χ3v) is 2.70. The molecule has 0 saturated heterocycles. The van der Waals surface area contributed by atoms with Crippen LogP contribution in [-0.2, 0) is 9.53 Å². The Kier molecular flexibility index (Phi) is 5.95. The van der Waals surface area contributed by atoms with E-state index in [0.717, 1.165) is 0 Å². The Morgan fingerprint density at radius 2 is 2.26 bits per heavy atom. The predicted octanol–water partition coefficient (Wildman–Crippen LogP) is 1.000. The number of rotatable bonds is 7. The minimum absolute atomic E-state index is 0.328. The summed E-state index contributed by atoms with van der Waals surface area (Å²) in [7, 11) is 1.55. The van der Waals surface area contributed by atoms with Crippen molar-refractivity contribution in [2.45, 2.75) is 25.8 Å². The maximum absolute atomic E-state index is 12.0. The second-order valence-electron chi connectivity index (χ2n) is 4.14. The van der Waals surface area contributed by atoms with E-state index in [1.165, 1.54) is 0 Å². The van der Waals surface area contributed by atoms with E-state index >= 15 is 0 Å². The molecule has 0 radical (unpaired) electrons. The van der Waals surface area contributed by atoms with Gasteiger partial charge < -0.3 is 15.2 Å². The zero-order chi connectivity index (χ0) is 14.3. The third-order valence-electron chi connectivity index (χ3n) is 2.70. The SMILES string of the molecule is COCCCC(NC(=O)c1cccnc1C)C(=O)O. The van der Waals surface area contributed by atoms with Gasteiger partial charge in [-0.2, -0.15) is 0 Å². The molecule has 1 unspecified atom stereocenters. The molecule has 0 saturated carbocycles. The van der Waals surface area contributed by atoms with E-state index in [-0.39, 0.29) is 0 Å². The summed E-state index contributed by atoms with van der Waals surface area (Å²) in [6, 6.07) is 2.34. The molecule has 2 N–H and O–H groups in total. The van der Waals surface area contributed by atoms with Crippen LogP contribution in [0.3, 0.4) is 0 Å². The number of aromatic nitrogens is 1. The molecule has 1 amide bonds. The number of aliphatic carboxylic acids is 1. The first-order chi connectivity index (χ1) is 9.06.